The zero-order chi connectivity index (χ0) is 20.3. The predicted octanol–water partition coefficient (Wildman–Crippen LogP) is 1.80. The van der Waals surface area contributed by atoms with Crippen LogP contribution < -0.4 is 16.6 Å². The molecule has 0 saturated heterocycles. The molecule has 0 bridgehead atoms. The van der Waals surface area contributed by atoms with Gasteiger partial charge in [-0.2, -0.15) is 0 Å². The number of carbonyl (C=O) groups excluding carboxylic acids is 1. The van der Waals surface area contributed by atoms with E-state index in [1.807, 2.05) is 4.57 Å². The van der Waals surface area contributed by atoms with E-state index in [4.69, 9.17) is 0 Å². The zero-order valence-electron chi connectivity index (χ0n) is 17.1. The van der Waals surface area contributed by atoms with E-state index in [0.29, 0.717) is 54.8 Å². The number of aromatic amines is 1. The summed E-state index contributed by atoms with van der Waals surface area (Å²) < 4.78 is 3.43. The maximum Gasteiger partial charge on any atom is 0.330 e. The van der Waals surface area contributed by atoms with Gasteiger partial charge in [0.25, 0.3) is 5.56 Å². The van der Waals surface area contributed by atoms with Crippen molar-refractivity contribution in [3.63, 3.8) is 0 Å². The van der Waals surface area contributed by atoms with E-state index in [-0.39, 0.29) is 5.91 Å². The van der Waals surface area contributed by atoms with Crippen LogP contribution >= 0.6 is 0 Å². The van der Waals surface area contributed by atoms with E-state index in [9.17, 15) is 14.4 Å². The summed E-state index contributed by atoms with van der Waals surface area (Å²) in [5.41, 5.74) is 0.0215. The minimum atomic E-state index is -0.422. The van der Waals surface area contributed by atoms with Crippen LogP contribution in [0.25, 0.3) is 11.2 Å². The zero-order valence-corrected chi connectivity index (χ0v) is 17.1. The Morgan fingerprint density at radius 2 is 2.04 bits per heavy atom. The standard InChI is InChI=1S/C20H31N5O3/c1-4-5-10-24-18-17(19(27)23-20(24)28)25(12-13(2)3)15(22-18)8-9-16(26)21-11-14-6-7-14/h13-14H,4-12H2,1-3H3,(H,21,26)(H,23,27,28). The molecule has 0 unspecified atom stereocenters. The second-order valence-corrected chi connectivity index (χ2v) is 8.22. The first-order valence-electron chi connectivity index (χ1n) is 10.4. The molecule has 1 aliphatic carbocycles. The quantitative estimate of drug-likeness (QED) is 0.647. The molecule has 1 saturated carbocycles. The lowest BCUT2D eigenvalue weighted by Crippen LogP contribution is -2.31. The molecule has 3 rings (SSSR count). The third kappa shape index (κ3) is 4.72. The lowest BCUT2D eigenvalue weighted by molar-refractivity contribution is -0.121. The van der Waals surface area contributed by atoms with Crippen molar-refractivity contribution >= 4 is 17.1 Å². The number of aromatic nitrogens is 4. The minimum Gasteiger partial charge on any atom is -0.356 e. The van der Waals surface area contributed by atoms with Gasteiger partial charge >= 0.3 is 5.69 Å². The normalized spacial score (nSPS) is 14.1. The van der Waals surface area contributed by atoms with Gasteiger partial charge in [-0.1, -0.05) is 27.2 Å². The molecule has 0 aromatic carbocycles. The highest BCUT2D eigenvalue weighted by atomic mass is 16.2. The first-order chi connectivity index (χ1) is 13.4. The number of imidazole rings is 1. The van der Waals surface area contributed by atoms with Crippen molar-refractivity contribution < 1.29 is 4.79 Å². The Labute approximate surface area is 164 Å². The van der Waals surface area contributed by atoms with Crippen LogP contribution in [-0.4, -0.2) is 31.6 Å². The molecule has 0 spiro atoms. The summed E-state index contributed by atoms with van der Waals surface area (Å²) in [5, 5.41) is 2.97. The van der Waals surface area contributed by atoms with Gasteiger partial charge in [-0.3, -0.25) is 19.1 Å². The Kier molecular flexibility index (Phi) is 6.36. The molecule has 8 nitrogen and oxygen atoms in total. The summed E-state index contributed by atoms with van der Waals surface area (Å²) in [5.74, 6) is 1.63. The number of hydrogen-bond acceptors (Lipinski definition) is 4. The summed E-state index contributed by atoms with van der Waals surface area (Å²) in [4.78, 5) is 44.1. The second kappa shape index (κ2) is 8.75. The molecule has 8 heteroatoms. The molecule has 1 aliphatic rings. The largest absolute Gasteiger partial charge is 0.356 e. The summed E-state index contributed by atoms with van der Waals surface area (Å²) >= 11 is 0. The average molecular weight is 390 g/mol. The Hall–Kier alpha value is -2.38. The number of H-pyrrole nitrogens is 1. The smallest absolute Gasteiger partial charge is 0.330 e. The van der Waals surface area contributed by atoms with Crippen LogP contribution in [-0.2, 0) is 24.3 Å². The first kappa shape index (κ1) is 20.4. The lowest BCUT2D eigenvalue weighted by Gasteiger charge is -2.11. The molecule has 2 N–H and O–H groups in total. The van der Waals surface area contributed by atoms with E-state index in [1.165, 1.54) is 12.8 Å². The summed E-state index contributed by atoms with van der Waals surface area (Å²) in [6.07, 6.45) is 4.93. The van der Waals surface area contributed by atoms with Crippen molar-refractivity contribution in [2.45, 2.75) is 72.4 Å². The monoisotopic (exact) mass is 389 g/mol. The molecule has 28 heavy (non-hydrogen) atoms. The summed E-state index contributed by atoms with van der Waals surface area (Å²) in [6.45, 7) is 8.07. The first-order valence-corrected chi connectivity index (χ1v) is 10.4. The predicted molar refractivity (Wildman–Crippen MR) is 108 cm³/mol. The number of unbranched alkanes of at least 4 members (excludes halogenated alkanes) is 1. The maximum atomic E-state index is 12.6. The number of fused-ring (bicyclic) bond motifs is 1. The fourth-order valence-corrected chi connectivity index (χ4v) is 3.39. The molecule has 1 amide bonds. The van der Waals surface area contributed by atoms with Crippen LogP contribution in [0.15, 0.2) is 9.59 Å². The van der Waals surface area contributed by atoms with Crippen LogP contribution in [0.3, 0.4) is 0 Å². The molecule has 2 heterocycles. The summed E-state index contributed by atoms with van der Waals surface area (Å²) in [7, 11) is 0. The third-order valence-electron chi connectivity index (χ3n) is 5.11. The second-order valence-electron chi connectivity index (χ2n) is 8.22. The van der Waals surface area contributed by atoms with E-state index < -0.39 is 11.2 Å². The maximum absolute atomic E-state index is 12.6. The number of nitrogens with zero attached hydrogens (tertiary/aromatic N) is 3. The van der Waals surface area contributed by atoms with Gasteiger partial charge in [-0.05, 0) is 31.1 Å². The third-order valence-corrected chi connectivity index (χ3v) is 5.11. The van der Waals surface area contributed by atoms with Crippen LogP contribution in [0.4, 0.5) is 0 Å². The van der Waals surface area contributed by atoms with Gasteiger partial charge in [-0.15, -0.1) is 0 Å². The number of carbonyl (C=O) groups is 1. The van der Waals surface area contributed by atoms with Crippen molar-refractivity contribution in [1.82, 2.24) is 24.4 Å². The topological polar surface area (TPSA) is 102 Å². The highest BCUT2D eigenvalue weighted by Gasteiger charge is 2.22. The average Bonchev–Trinajstić information content (AvgIpc) is 3.39. The highest BCUT2D eigenvalue weighted by molar-refractivity contribution is 5.76. The van der Waals surface area contributed by atoms with E-state index in [1.54, 1.807) is 4.57 Å². The molecule has 0 atom stereocenters. The van der Waals surface area contributed by atoms with Gasteiger partial charge in [0, 0.05) is 32.5 Å². The van der Waals surface area contributed by atoms with Crippen LogP contribution in [0.2, 0.25) is 0 Å². The molecule has 0 radical (unpaired) electrons. The molecule has 154 valence electrons. The number of aryl methyl sites for hydroxylation is 2. The van der Waals surface area contributed by atoms with Crippen molar-refractivity contribution in [3.05, 3.63) is 26.7 Å². The Balaban J connectivity index is 1.92. The van der Waals surface area contributed by atoms with Gasteiger partial charge in [-0.25, -0.2) is 9.78 Å². The van der Waals surface area contributed by atoms with Gasteiger partial charge in [0.2, 0.25) is 5.91 Å². The van der Waals surface area contributed by atoms with Crippen molar-refractivity contribution in [2.24, 2.45) is 11.8 Å². The Morgan fingerprint density at radius 1 is 1.29 bits per heavy atom. The SMILES string of the molecule is CCCCn1c(=O)[nH]c(=O)c2c1nc(CCC(=O)NCC1CC1)n2CC(C)C. The molecular weight excluding hydrogens is 358 g/mol. The number of rotatable bonds is 10. The van der Waals surface area contributed by atoms with E-state index in [2.05, 4.69) is 36.1 Å². The number of amides is 1. The fourth-order valence-electron chi connectivity index (χ4n) is 3.39. The Bertz CT molecular complexity index is 949. The van der Waals surface area contributed by atoms with Crippen LogP contribution in [0, 0.1) is 11.8 Å². The van der Waals surface area contributed by atoms with Crippen molar-refractivity contribution in [1.29, 1.82) is 0 Å². The van der Waals surface area contributed by atoms with Crippen molar-refractivity contribution in [2.75, 3.05) is 6.54 Å². The highest BCUT2D eigenvalue weighted by Crippen LogP contribution is 2.27. The van der Waals surface area contributed by atoms with E-state index in [0.717, 1.165) is 19.4 Å². The van der Waals surface area contributed by atoms with Crippen molar-refractivity contribution in [3.8, 4) is 0 Å². The van der Waals surface area contributed by atoms with Crippen LogP contribution in [0.1, 0.15) is 58.7 Å². The summed E-state index contributed by atoms with van der Waals surface area (Å²) in [6, 6.07) is 0. The minimum absolute atomic E-state index is 0.00679. The van der Waals surface area contributed by atoms with Gasteiger partial charge < -0.3 is 9.88 Å². The molecule has 2 aromatic rings. The number of hydrogen-bond donors (Lipinski definition) is 2. The van der Waals surface area contributed by atoms with Crippen LogP contribution in [0.5, 0.6) is 0 Å². The fraction of sp³-hybridized carbons (Fsp3) is 0.700. The molecule has 1 fully saturated rings. The molecular formula is C20H31N5O3. The lowest BCUT2D eigenvalue weighted by atomic mass is 10.2. The van der Waals surface area contributed by atoms with Gasteiger partial charge in [0.15, 0.2) is 11.2 Å². The van der Waals surface area contributed by atoms with E-state index >= 15 is 0 Å². The molecule has 2 aromatic heterocycles. The van der Waals surface area contributed by atoms with Gasteiger partial charge in [0.1, 0.15) is 5.82 Å². The number of nitrogens with one attached hydrogen (secondary N) is 2. The Morgan fingerprint density at radius 3 is 2.68 bits per heavy atom. The molecule has 0 aliphatic heterocycles. The van der Waals surface area contributed by atoms with Gasteiger partial charge in [0.05, 0.1) is 0 Å².